The Morgan fingerprint density at radius 3 is 2.62 bits per heavy atom. The molecule has 29 heavy (non-hydrogen) atoms. The Labute approximate surface area is 177 Å². The number of hydrogen-bond donors (Lipinski definition) is 1. The van der Waals surface area contributed by atoms with Crippen LogP contribution in [-0.4, -0.2) is 60.7 Å². The minimum absolute atomic E-state index is 0.159. The van der Waals surface area contributed by atoms with Crippen LogP contribution in [0, 0.1) is 0 Å². The Kier molecular flexibility index (Phi) is 5.93. The summed E-state index contributed by atoms with van der Waals surface area (Å²) in [6, 6.07) is 13.9. The van der Waals surface area contributed by atoms with E-state index in [4.69, 9.17) is 20.8 Å². The summed E-state index contributed by atoms with van der Waals surface area (Å²) in [6.07, 6.45) is 5.55. The van der Waals surface area contributed by atoms with E-state index < -0.39 is 0 Å². The van der Waals surface area contributed by atoms with Gasteiger partial charge in [0.2, 0.25) is 0 Å². The summed E-state index contributed by atoms with van der Waals surface area (Å²) in [4.78, 5) is 5.12. The van der Waals surface area contributed by atoms with Gasteiger partial charge in [0.1, 0.15) is 5.76 Å². The largest absolute Gasteiger partial charge is 0.468 e. The van der Waals surface area contributed by atoms with Crippen LogP contribution >= 0.6 is 11.6 Å². The maximum atomic E-state index is 6.19. The van der Waals surface area contributed by atoms with Gasteiger partial charge in [-0.25, -0.2) is 0 Å². The molecule has 0 spiro atoms. The number of nitrogens with one attached hydrogen (secondary N) is 1. The molecule has 1 N–H and O–H groups in total. The first-order valence-corrected chi connectivity index (χ1v) is 11.2. The monoisotopic (exact) mass is 415 g/mol. The van der Waals surface area contributed by atoms with Gasteiger partial charge in [0.05, 0.1) is 25.5 Å². The van der Waals surface area contributed by atoms with Crippen molar-refractivity contribution in [2.45, 2.75) is 50.0 Å². The molecule has 1 aromatic carbocycles. The lowest BCUT2D eigenvalue weighted by Gasteiger charge is -2.35. The number of likely N-dealkylation sites (tertiary alicyclic amines) is 1. The molecule has 6 heteroatoms. The topological polar surface area (TPSA) is 40.9 Å². The second kappa shape index (κ2) is 8.78. The van der Waals surface area contributed by atoms with Crippen LogP contribution < -0.4 is 5.32 Å². The maximum Gasteiger partial charge on any atom is 0.117 e. The van der Waals surface area contributed by atoms with Crippen LogP contribution in [0.5, 0.6) is 0 Å². The van der Waals surface area contributed by atoms with Crippen molar-refractivity contribution < 1.29 is 9.15 Å². The third kappa shape index (κ3) is 4.70. The van der Waals surface area contributed by atoms with E-state index in [1.165, 1.54) is 24.8 Å². The van der Waals surface area contributed by atoms with Gasteiger partial charge < -0.3 is 14.5 Å². The van der Waals surface area contributed by atoms with E-state index in [0.29, 0.717) is 18.1 Å². The second-order valence-corrected chi connectivity index (χ2v) is 9.15. The number of furan rings is 1. The molecule has 3 saturated heterocycles. The molecule has 0 radical (unpaired) electrons. The van der Waals surface area contributed by atoms with Gasteiger partial charge in [-0.1, -0.05) is 23.7 Å². The zero-order chi connectivity index (χ0) is 19.6. The summed E-state index contributed by atoms with van der Waals surface area (Å²) in [5, 5.41) is 4.73. The Morgan fingerprint density at radius 2 is 1.86 bits per heavy atom. The average molecular weight is 416 g/mol. The van der Waals surface area contributed by atoms with Crippen LogP contribution in [0.15, 0.2) is 47.1 Å². The minimum atomic E-state index is 0.159. The molecule has 1 aromatic heterocycles. The summed E-state index contributed by atoms with van der Waals surface area (Å²) in [7, 11) is 0. The SMILES string of the molecule is Clc1ccc([C@H]2CN3C[C@H](NC4CCN(Cc5ccco5)CC4)C[C@H]3CO2)cc1. The van der Waals surface area contributed by atoms with Crippen LogP contribution in [0.3, 0.4) is 0 Å². The average Bonchev–Trinajstić information content (AvgIpc) is 3.38. The van der Waals surface area contributed by atoms with E-state index in [0.717, 1.165) is 50.1 Å². The van der Waals surface area contributed by atoms with Crippen molar-refractivity contribution >= 4 is 11.6 Å². The van der Waals surface area contributed by atoms with Crippen molar-refractivity contribution in [3.05, 3.63) is 59.0 Å². The van der Waals surface area contributed by atoms with Gasteiger partial charge in [-0.05, 0) is 49.1 Å². The van der Waals surface area contributed by atoms with Crippen LogP contribution in [-0.2, 0) is 11.3 Å². The summed E-state index contributed by atoms with van der Waals surface area (Å²) in [5.41, 5.74) is 1.23. The first-order chi connectivity index (χ1) is 14.2. The van der Waals surface area contributed by atoms with Crippen LogP contribution in [0.25, 0.3) is 0 Å². The standard InChI is InChI=1S/C23H30ClN3O2/c24-18-5-3-17(4-6-18)23-15-27-13-20(12-21(27)16-29-23)25-19-7-9-26(10-8-19)14-22-2-1-11-28-22/h1-6,11,19-21,23,25H,7-10,12-16H2/t20-,21+,23-/m1/s1. The molecule has 5 rings (SSSR count). The number of benzene rings is 1. The molecule has 156 valence electrons. The Balaban J connectivity index is 1.09. The predicted octanol–water partition coefficient (Wildman–Crippen LogP) is 3.70. The molecule has 4 heterocycles. The highest BCUT2D eigenvalue weighted by Gasteiger charge is 2.38. The molecule has 2 aromatic rings. The Morgan fingerprint density at radius 1 is 1.03 bits per heavy atom. The number of rotatable bonds is 5. The fourth-order valence-corrected chi connectivity index (χ4v) is 5.21. The lowest BCUT2D eigenvalue weighted by atomic mass is 10.0. The zero-order valence-electron chi connectivity index (χ0n) is 16.8. The van der Waals surface area contributed by atoms with Gasteiger partial charge in [0.25, 0.3) is 0 Å². The van der Waals surface area contributed by atoms with Gasteiger partial charge >= 0.3 is 0 Å². The first-order valence-electron chi connectivity index (χ1n) is 10.8. The van der Waals surface area contributed by atoms with Gasteiger partial charge in [0.15, 0.2) is 0 Å². The highest BCUT2D eigenvalue weighted by atomic mass is 35.5. The highest BCUT2D eigenvalue weighted by molar-refractivity contribution is 6.30. The van der Waals surface area contributed by atoms with E-state index in [1.807, 2.05) is 18.2 Å². The number of nitrogens with zero attached hydrogens (tertiary/aromatic N) is 2. The Bertz CT molecular complexity index is 774. The third-order valence-corrected chi connectivity index (χ3v) is 6.93. The van der Waals surface area contributed by atoms with Crippen LogP contribution in [0.4, 0.5) is 0 Å². The molecule has 0 bridgehead atoms. The van der Waals surface area contributed by atoms with Gasteiger partial charge in [-0.3, -0.25) is 9.80 Å². The van der Waals surface area contributed by atoms with E-state index >= 15 is 0 Å². The molecular weight excluding hydrogens is 386 g/mol. The quantitative estimate of drug-likeness (QED) is 0.806. The van der Waals surface area contributed by atoms with E-state index in [9.17, 15) is 0 Å². The van der Waals surface area contributed by atoms with Crippen molar-refractivity contribution in [3.63, 3.8) is 0 Å². The fraction of sp³-hybridized carbons (Fsp3) is 0.565. The lowest BCUT2D eigenvalue weighted by molar-refractivity contribution is -0.0502. The van der Waals surface area contributed by atoms with E-state index in [1.54, 1.807) is 6.26 Å². The molecule has 3 aliphatic rings. The second-order valence-electron chi connectivity index (χ2n) is 8.71. The van der Waals surface area contributed by atoms with Gasteiger partial charge in [-0.2, -0.15) is 0 Å². The number of halogens is 1. The highest BCUT2D eigenvalue weighted by Crippen LogP contribution is 2.31. The number of morpholine rings is 1. The van der Waals surface area contributed by atoms with Crippen molar-refractivity contribution in [1.82, 2.24) is 15.1 Å². The number of ether oxygens (including phenoxy) is 1. The minimum Gasteiger partial charge on any atom is -0.468 e. The molecular formula is C23H30ClN3O2. The zero-order valence-corrected chi connectivity index (χ0v) is 17.6. The fourth-order valence-electron chi connectivity index (χ4n) is 5.09. The van der Waals surface area contributed by atoms with Crippen molar-refractivity contribution in [2.24, 2.45) is 0 Å². The van der Waals surface area contributed by atoms with Crippen molar-refractivity contribution in [1.29, 1.82) is 0 Å². The number of piperidine rings is 1. The molecule has 0 unspecified atom stereocenters. The lowest BCUT2D eigenvalue weighted by Crippen LogP contribution is -2.47. The molecule has 3 fully saturated rings. The number of hydrogen-bond acceptors (Lipinski definition) is 5. The molecule has 0 saturated carbocycles. The van der Waals surface area contributed by atoms with E-state index in [2.05, 4.69) is 33.3 Å². The maximum absolute atomic E-state index is 6.19. The first kappa shape index (κ1) is 19.6. The number of fused-ring (bicyclic) bond motifs is 1. The van der Waals surface area contributed by atoms with Gasteiger partial charge in [-0.15, -0.1) is 0 Å². The smallest absolute Gasteiger partial charge is 0.117 e. The van der Waals surface area contributed by atoms with Crippen molar-refractivity contribution in [3.8, 4) is 0 Å². The summed E-state index contributed by atoms with van der Waals surface area (Å²) >= 11 is 6.03. The van der Waals surface area contributed by atoms with Crippen molar-refractivity contribution in [2.75, 3.05) is 32.8 Å². The van der Waals surface area contributed by atoms with Gasteiger partial charge in [0, 0.05) is 49.3 Å². The molecule has 0 amide bonds. The summed E-state index contributed by atoms with van der Waals surface area (Å²) in [6.45, 7) is 6.15. The molecule has 0 aliphatic carbocycles. The van der Waals surface area contributed by atoms with Crippen LogP contribution in [0.1, 0.15) is 36.7 Å². The predicted molar refractivity (Wildman–Crippen MR) is 114 cm³/mol. The van der Waals surface area contributed by atoms with E-state index in [-0.39, 0.29) is 6.10 Å². The third-order valence-electron chi connectivity index (χ3n) is 6.68. The Hall–Kier alpha value is -1.37. The molecule has 5 nitrogen and oxygen atoms in total. The molecule has 3 atom stereocenters. The normalized spacial score (nSPS) is 29.2. The molecule has 3 aliphatic heterocycles. The van der Waals surface area contributed by atoms with Crippen LogP contribution in [0.2, 0.25) is 5.02 Å². The summed E-state index contributed by atoms with van der Waals surface area (Å²) in [5.74, 6) is 1.07. The summed E-state index contributed by atoms with van der Waals surface area (Å²) < 4.78 is 11.7.